The molecular weight excluding hydrogens is 713 g/mol. The van der Waals surface area contributed by atoms with Gasteiger partial charge in [-0.15, -0.1) is 0 Å². The second-order valence-corrected chi connectivity index (χ2v) is 15.5. The molecule has 4 heterocycles. The van der Waals surface area contributed by atoms with Crippen LogP contribution in [0.3, 0.4) is 0 Å². The molecule has 4 N–H and O–H groups in total. The van der Waals surface area contributed by atoms with Crippen molar-refractivity contribution >= 4 is 24.0 Å². The first-order chi connectivity index (χ1) is 26.8. The fourth-order valence-corrected chi connectivity index (χ4v) is 7.42. The summed E-state index contributed by atoms with van der Waals surface area (Å²) in [5.74, 6) is 1.03. The van der Waals surface area contributed by atoms with E-state index in [-0.39, 0.29) is 42.0 Å². The lowest BCUT2D eigenvalue weighted by molar-refractivity contribution is -0.135. The van der Waals surface area contributed by atoms with Crippen molar-refractivity contribution in [1.82, 2.24) is 40.4 Å². The molecule has 0 aliphatic carbocycles. The summed E-state index contributed by atoms with van der Waals surface area (Å²) in [7, 11) is 0. The van der Waals surface area contributed by atoms with Crippen molar-refractivity contribution in [3.05, 3.63) is 72.6 Å². The minimum Gasteiger partial charge on any atom is -0.447 e. The molecule has 298 valence electrons. The summed E-state index contributed by atoms with van der Waals surface area (Å²) in [5.41, 5.74) is 5.78. The summed E-state index contributed by atoms with van der Waals surface area (Å²) in [6.45, 7) is 13.8. The average Bonchev–Trinajstić information content (AvgIpc) is 3.99. The number of carbonyl (C=O) groups excluding carboxylic acids is 4. The van der Waals surface area contributed by atoms with E-state index < -0.39 is 24.3 Å². The summed E-state index contributed by atoms with van der Waals surface area (Å²) in [4.78, 5) is 71.2. The number of amides is 4. The third-order valence-corrected chi connectivity index (χ3v) is 10.2. The monoisotopic (exact) mass is 766 g/mol. The van der Waals surface area contributed by atoms with Crippen LogP contribution in [0.15, 0.2) is 60.9 Å². The average molecular weight is 767 g/mol. The Bertz CT molecular complexity index is 1990. The minimum atomic E-state index is -0.717. The van der Waals surface area contributed by atoms with E-state index in [1.165, 1.54) is 0 Å². The lowest BCUT2D eigenvalue weighted by Gasteiger charge is -2.30. The summed E-state index contributed by atoms with van der Waals surface area (Å²) < 4.78 is 10.4. The van der Waals surface area contributed by atoms with Gasteiger partial charge in [-0.25, -0.2) is 19.6 Å². The van der Waals surface area contributed by atoms with Crippen molar-refractivity contribution in [3.63, 3.8) is 0 Å². The molecule has 14 nitrogen and oxygen atoms in total. The number of carbonyl (C=O) groups is 4. The molecular formula is C42H54N8O6. The van der Waals surface area contributed by atoms with Gasteiger partial charge < -0.3 is 39.9 Å². The van der Waals surface area contributed by atoms with Crippen molar-refractivity contribution in [2.75, 3.05) is 13.1 Å². The summed E-state index contributed by atoms with van der Waals surface area (Å²) in [6.07, 6.45) is 5.10. The van der Waals surface area contributed by atoms with Crippen LogP contribution in [0.5, 0.6) is 0 Å². The van der Waals surface area contributed by atoms with Crippen LogP contribution in [0.4, 0.5) is 9.59 Å². The highest BCUT2D eigenvalue weighted by atomic mass is 16.6. The van der Waals surface area contributed by atoms with Gasteiger partial charge in [-0.3, -0.25) is 9.59 Å². The third-order valence-electron chi connectivity index (χ3n) is 10.2. The Balaban J connectivity index is 1.08. The lowest BCUT2D eigenvalue weighted by atomic mass is 10.0. The highest BCUT2D eigenvalue weighted by Crippen LogP contribution is 2.35. The number of H-pyrrole nitrogens is 2. The Morgan fingerprint density at radius 1 is 0.625 bits per heavy atom. The zero-order valence-corrected chi connectivity index (χ0v) is 33.3. The molecule has 2 aromatic heterocycles. The van der Waals surface area contributed by atoms with Crippen LogP contribution in [-0.4, -0.2) is 91.1 Å². The molecule has 4 atom stereocenters. The Kier molecular flexibility index (Phi) is 12.5. The highest BCUT2D eigenvalue weighted by molar-refractivity contribution is 5.87. The van der Waals surface area contributed by atoms with Gasteiger partial charge in [-0.2, -0.15) is 0 Å². The van der Waals surface area contributed by atoms with Crippen molar-refractivity contribution in [2.45, 2.75) is 111 Å². The minimum absolute atomic E-state index is 0.113. The quantitative estimate of drug-likeness (QED) is 0.118. The van der Waals surface area contributed by atoms with E-state index in [0.29, 0.717) is 13.1 Å². The molecule has 0 radical (unpaired) electrons. The maximum atomic E-state index is 13.7. The number of hydrogen-bond acceptors (Lipinski definition) is 8. The molecule has 4 amide bonds. The largest absolute Gasteiger partial charge is 0.447 e. The molecule has 2 fully saturated rings. The van der Waals surface area contributed by atoms with Crippen LogP contribution in [0.25, 0.3) is 33.6 Å². The highest BCUT2D eigenvalue weighted by Gasteiger charge is 2.38. The van der Waals surface area contributed by atoms with Crippen molar-refractivity contribution in [1.29, 1.82) is 0 Å². The zero-order valence-electron chi connectivity index (χ0n) is 33.3. The predicted molar refractivity (Wildman–Crippen MR) is 212 cm³/mol. The molecule has 0 unspecified atom stereocenters. The van der Waals surface area contributed by atoms with Crippen LogP contribution in [-0.2, 0) is 19.1 Å². The molecule has 14 heteroatoms. The predicted octanol–water partition coefficient (Wildman–Crippen LogP) is 7.14. The number of imidazole rings is 2. The lowest BCUT2D eigenvalue weighted by Crippen LogP contribution is -2.51. The number of alkyl carbamates (subject to hydrolysis) is 2. The van der Waals surface area contributed by atoms with E-state index in [1.807, 2.05) is 30.9 Å². The number of hydrogen-bond donors (Lipinski definition) is 4. The summed E-state index contributed by atoms with van der Waals surface area (Å²) in [6, 6.07) is 14.7. The second kappa shape index (κ2) is 17.4. The topological polar surface area (TPSA) is 175 Å². The molecule has 0 spiro atoms. The van der Waals surface area contributed by atoms with E-state index in [2.05, 4.69) is 67.0 Å². The van der Waals surface area contributed by atoms with E-state index >= 15 is 0 Å². The van der Waals surface area contributed by atoms with Crippen LogP contribution < -0.4 is 10.6 Å². The first-order valence-corrected chi connectivity index (χ1v) is 19.6. The molecule has 0 saturated carbocycles. The Morgan fingerprint density at radius 3 is 1.46 bits per heavy atom. The molecule has 2 saturated heterocycles. The van der Waals surface area contributed by atoms with Gasteiger partial charge in [-0.05, 0) is 88.5 Å². The molecule has 2 aromatic carbocycles. The number of aromatic nitrogens is 4. The molecule has 0 bridgehead atoms. The number of nitrogens with one attached hydrogen (secondary N) is 4. The number of nitrogens with zero attached hydrogens (tertiary/aromatic N) is 4. The normalized spacial score (nSPS) is 18.0. The Hall–Kier alpha value is -5.66. The van der Waals surface area contributed by atoms with Gasteiger partial charge >= 0.3 is 12.2 Å². The SMILES string of the molecule is CC(C)OC(=O)N[C@@H](C)C(=O)N1CCC[C@H]1c1ncc(-c2ccc(-c3ccc(-c4cnc([C@@H]5CCCN5C(=O)[C@@H](NC(=O)OC(C)C)C(C)C)[nH]4)cc3)cc2)[nH]1. The summed E-state index contributed by atoms with van der Waals surface area (Å²) >= 11 is 0. The third kappa shape index (κ3) is 9.23. The van der Waals surface area contributed by atoms with Gasteiger partial charge in [0.05, 0.1) is 48.1 Å². The van der Waals surface area contributed by atoms with Crippen LogP contribution in [0.1, 0.15) is 97.9 Å². The van der Waals surface area contributed by atoms with Crippen molar-refractivity contribution in [3.8, 4) is 33.6 Å². The first-order valence-electron chi connectivity index (χ1n) is 19.6. The van der Waals surface area contributed by atoms with Gasteiger partial charge in [0.25, 0.3) is 0 Å². The molecule has 56 heavy (non-hydrogen) atoms. The van der Waals surface area contributed by atoms with Crippen LogP contribution >= 0.6 is 0 Å². The number of benzene rings is 2. The van der Waals surface area contributed by atoms with Gasteiger partial charge in [0.15, 0.2) is 0 Å². The molecule has 2 aliphatic rings. The summed E-state index contributed by atoms with van der Waals surface area (Å²) in [5, 5.41) is 5.41. The number of aromatic amines is 2. The van der Waals surface area contributed by atoms with Crippen molar-refractivity contribution < 1.29 is 28.7 Å². The van der Waals surface area contributed by atoms with Crippen molar-refractivity contribution in [2.24, 2.45) is 5.92 Å². The van der Waals surface area contributed by atoms with Crippen LogP contribution in [0.2, 0.25) is 0 Å². The molecule has 2 aliphatic heterocycles. The fourth-order valence-electron chi connectivity index (χ4n) is 7.42. The van der Waals surface area contributed by atoms with E-state index in [4.69, 9.17) is 9.47 Å². The molecule has 6 rings (SSSR count). The first kappa shape index (κ1) is 40.0. The van der Waals surface area contributed by atoms with E-state index in [9.17, 15) is 19.2 Å². The Labute approximate surface area is 328 Å². The second-order valence-electron chi connectivity index (χ2n) is 15.5. The standard InChI is InChI=1S/C42H54N8O6/c1-24(2)36(48-42(54)56-26(5)6)40(52)50-21-9-11-35(50)38-44-23-33(47-38)31-18-14-29(15-19-31)28-12-16-30(17-13-28)32-22-43-37(46-32)34-10-8-20-49(34)39(51)27(7)45-41(53)55-25(3)4/h12-19,22-27,34-36H,8-11,20-21H2,1-7H3,(H,43,46)(H,44,47)(H,45,53)(H,48,54)/t27-,34-,35-,36-/m0/s1. The van der Waals surface area contributed by atoms with Crippen LogP contribution in [0, 0.1) is 5.92 Å². The fraction of sp³-hybridized carbons (Fsp3) is 0.476. The number of ether oxygens (including phenoxy) is 2. The molecule has 4 aromatic rings. The number of likely N-dealkylation sites (tertiary alicyclic amines) is 2. The van der Waals surface area contributed by atoms with Gasteiger partial charge in [-0.1, -0.05) is 62.4 Å². The maximum Gasteiger partial charge on any atom is 0.408 e. The van der Waals surface area contributed by atoms with Gasteiger partial charge in [0.1, 0.15) is 23.7 Å². The van der Waals surface area contributed by atoms with Gasteiger partial charge in [0.2, 0.25) is 11.8 Å². The van der Waals surface area contributed by atoms with E-state index in [0.717, 1.165) is 71.0 Å². The smallest absolute Gasteiger partial charge is 0.408 e. The zero-order chi connectivity index (χ0) is 40.1. The number of rotatable bonds is 12. The van der Waals surface area contributed by atoms with E-state index in [1.54, 1.807) is 51.9 Å². The van der Waals surface area contributed by atoms with Gasteiger partial charge in [0, 0.05) is 13.1 Å². The maximum absolute atomic E-state index is 13.7. The Morgan fingerprint density at radius 2 is 1.04 bits per heavy atom.